The molecule has 1 aromatic heterocycles. The van der Waals surface area contributed by atoms with Gasteiger partial charge in [0.25, 0.3) is 0 Å². The van der Waals surface area contributed by atoms with Gasteiger partial charge in [0, 0.05) is 44.5 Å². The van der Waals surface area contributed by atoms with Crippen molar-refractivity contribution >= 4 is 28.4 Å². The minimum Gasteiger partial charge on any atom is -0.343 e. The van der Waals surface area contributed by atoms with E-state index in [2.05, 4.69) is 41.4 Å². The van der Waals surface area contributed by atoms with Gasteiger partial charge in [0.1, 0.15) is 5.82 Å². The number of urea groups is 1. The average molecular weight is 518 g/mol. The fourth-order valence-electron chi connectivity index (χ4n) is 5.33. The summed E-state index contributed by atoms with van der Waals surface area (Å²) >= 11 is 1.40. The molecule has 3 amide bonds. The number of amides is 3. The molecule has 2 aromatic rings. The summed E-state index contributed by atoms with van der Waals surface area (Å²) in [6.45, 7) is 9.64. The molecule has 0 bridgehead atoms. The number of nitrogens with one attached hydrogen (secondary N) is 2. The smallest absolute Gasteiger partial charge is 0.321 e. The number of anilines is 1. The summed E-state index contributed by atoms with van der Waals surface area (Å²) in [5.74, 6) is 0.0869. The largest absolute Gasteiger partial charge is 0.343 e. The van der Waals surface area contributed by atoms with Crippen LogP contribution in [-0.2, 0) is 11.2 Å². The molecular weight excluding hydrogens is 477 g/mol. The summed E-state index contributed by atoms with van der Waals surface area (Å²) in [6, 6.07) is 6.52. The summed E-state index contributed by atoms with van der Waals surface area (Å²) in [5.41, 5.74) is 2.00. The molecule has 1 saturated carbocycles. The molecule has 3 rings (SSSR count). The number of thiazole rings is 1. The number of aromatic nitrogens is 1. The van der Waals surface area contributed by atoms with Gasteiger partial charge in [0.2, 0.25) is 5.91 Å². The van der Waals surface area contributed by atoms with E-state index in [4.69, 9.17) is 0 Å². The number of halogens is 1. The monoisotopic (exact) mass is 517 g/mol. The second-order valence-electron chi connectivity index (χ2n) is 11.0. The summed E-state index contributed by atoms with van der Waals surface area (Å²) < 4.78 is 13.3. The Bertz CT molecular complexity index is 1030. The van der Waals surface area contributed by atoms with Crippen LogP contribution < -0.4 is 10.6 Å². The molecular formula is C27H40FN5O2S. The zero-order valence-corrected chi connectivity index (χ0v) is 23.1. The minimum atomic E-state index is -0.259. The Balaban J connectivity index is 1.63. The van der Waals surface area contributed by atoms with E-state index in [0.717, 1.165) is 50.0 Å². The third kappa shape index (κ3) is 8.27. The van der Waals surface area contributed by atoms with E-state index in [0.29, 0.717) is 5.13 Å². The Morgan fingerprint density at radius 1 is 1.19 bits per heavy atom. The van der Waals surface area contributed by atoms with Crippen LogP contribution in [0.25, 0.3) is 0 Å². The first-order valence-corrected chi connectivity index (χ1v) is 13.5. The van der Waals surface area contributed by atoms with Crippen LogP contribution in [-0.4, -0.2) is 66.0 Å². The van der Waals surface area contributed by atoms with Crippen molar-refractivity contribution in [3.8, 4) is 0 Å². The number of benzene rings is 1. The highest BCUT2D eigenvalue weighted by atomic mass is 32.1. The number of rotatable bonds is 9. The molecule has 1 fully saturated rings. The predicted molar refractivity (Wildman–Crippen MR) is 144 cm³/mol. The van der Waals surface area contributed by atoms with Crippen molar-refractivity contribution in [1.29, 1.82) is 0 Å². The second-order valence-corrected chi connectivity index (χ2v) is 11.9. The Kier molecular flexibility index (Phi) is 9.47. The van der Waals surface area contributed by atoms with Crippen molar-refractivity contribution in [3.63, 3.8) is 0 Å². The van der Waals surface area contributed by atoms with Crippen molar-refractivity contribution in [3.05, 3.63) is 46.7 Å². The molecule has 0 radical (unpaired) electrons. The average Bonchev–Trinajstić information content (AvgIpc) is 3.19. The van der Waals surface area contributed by atoms with Crippen LogP contribution in [0, 0.1) is 24.1 Å². The molecule has 0 spiro atoms. The zero-order valence-electron chi connectivity index (χ0n) is 22.3. The number of hydrogen-bond acceptors (Lipinski definition) is 5. The topological polar surface area (TPSA) is 77.6 Å². The van der Waals surface area contributed by atoms with Gasteiger partial charge in [-0.05, 0) is 68.7 Å². The summed E-state index contributed by atoms with van der Waals surface area (Å²) in [5, 5.41) is 8.52. The van der Waals surface area contributed by atoms with Crippen molar-refractivity contribution in [2.45, 2.75) is 65.5 Å². The highest BCUT2D eigenvalue weighted by Crippen LogP contribution is 2.30. The SMILES string of the molecule is CC(=O)N(C)[C@@H]1CC[C@@H](CN(C)CC(C)(C)Cc2ccc(F)cc2)[C@H](NC(=O)Nc2nc(C)cs2)C1. The van der Waals surface area contributed by atoms with E-state index in [1.54, 1.807) is 11.8 Å². The van der Waals surface area contributed by atoms with Crippen LogP contribution in [0.5, 0.6) is 0 Å². The highest BCUT2D eigenvalue weighted by molar-refractivity contribution is 7.13. The molecule has 1 aliphatic rings. The van der Waals surface area contributed by atoms with E-state index in [1.165, 1.54) is 23.5 Å². The number of aryl methyl sites for hydroxylation is 1. The molecule has 0 aliphatic heterocycles. The lowest BCUT2D eigenvalue weighted by atomic mass is 9.80. The Morgan fingerprint density at radius 2 is 1.89 bits per heavy atom. The fourth-order valence-corrected chi connectivity index (χ4v) is 6.02. The molecule has 198 valence electrons. The van der Waals surface area contributed by atoms with Crippen LogP contribution in [0.3, 0.4) is 0 Å². The van der Waals surface area contributed by atoms with E-state index < -0.39 is 0 Å². The summed E-state index contributed by atoms with van der Waals surface area (Å²) in [7, 11) is 3.96. The third-order valence-corrected chi connectivity index (χ3v) is 7.88. The van der Waals surface area contributed by atoms with Crippen LogP contribution in [0.2, 0.25) is 0 Å². The van der Waals surface area contributed by atoms with Gasteiger partial charge >= 0.3 is 6.03 Å². The molecule has 1 heterocycles. The third-order valence-electron chi connectivity index (χ3n) is 7.01. The molecule has 2 N–H and O–H groups in total. The van der Waals surface area contributed by atoms with Crippen LogP contribution >= 0.6 is 11.3 Å². The number of hydrogen-bond donors (Lipinski definition) is 2. The molecule has 36 heavy (non-hydrogen) atoms. The van der Waals surface area contributed by atoms with Crippen LogP contribution in [0.4, 0.5) is 14.3 Å². The first-order valence-electron chi connectivity index (χ1n) is 12.6. The first-order chi connectivity index (χ1) is 16.9. The second kappa shape index (κ2) is 12.1. The van der Waals surface area contributed by atoms with E-state index in [9.17, 15) is 14.0 Å². The highest BCUT2D eigenvalue weighted by Gasteiger charge is 2.35. The van der Waals surface area contributed by atoms with Crippen molar-refractivity contribution in [2.24, 2.45) is 11.3 Å². The molecule has 0 saturated heterocycles. The van der Waals surface area contributed by atoms with Crippen molar-refractivity contribution in [2.75, 3.05) is 32.5 Å². The maximum absolute atomic E-state index is 13.3. The van der Waals surface area contributed by atoms with E-state index in [1.807, 2.05) is 31.5 Å². The van der Waals surface area contributed by atoms with Gasteiger partial charge in [-0.2, -0.15) is 0 Å². The lowest BCUT2D eigenvalue weighted by molar-refractivity contribution is -0.130. The molecule has 1 aliphatic carbocycles. The van der Waals surface area contributed by atoms with Crippen molar-refractivity contribution in [1.82, 2.24) is 20.1 Å². The lowest BCUT2D eigenvalue weighted by Crippen LogP contribution is -2.53. The van der Waals surface area contributed by atoms with Gasteiger partial charge in [0.15, 0.2) is 5.13 Å². The van der Waals surface area contributed by atoms with E-state index >= 15 is 0 Å². The van der Waals surface area contributed by atoms with Crippen LogP contribution in [0.1, 0.15) is 51.3 Å². The number of carbonyl (C=O) groups excluding carboxylic acids is 2. The maximum atomic E-state index is 13.3. The first kappa shape index (κ1) is 28.1. The molecule has 1 aromatic carbocycles. The van der Waals surface area contributed by atoms with Gasteiger partial charge in [0.05, 0.1) is 5.69 Å². The van der Waals surface area contributed by atoms with Gasteiger partial charge in [-0.1, -0.05) is 26.0 Å². The Hall–Kier alpha value is -2.52. The molecule has 9 heteroatoms. The van der Waals surface area contributed by atoms with Gasteiger partial charge in [-0.15, -0.1) is 11.3 Å². The lowest BCUT2D eigenvalue weighted by Gasteiger charge is -2.42. The van der Waals surface area contributed by atoms with E-state index in [-0.39, 0.29) is 41.2 Å². The Morgan fingerprint density at radius 3 is 2.50 bits per heavy atom. The predicted octanol–water partition coefficient (Wildman–Crippen LogP) is 4.93. The van der Waals surface area contributed by atoms with Crippen molar-refractivity contribution < 1.29 is 14.0 Å². The number of nitrogens with zero attached hydrogens (tertiary/aromatic N) is 3. The fraction of sp³-hybridized carbons (Fsp3) is 0.593. The summed E-state index contributed by atoms with van der Waals surface area (Å²) in [6.07, 6.45) is 3.41. The molecule has 0 unspecified atom stereocenters. The summed E-state index contributed by atoms with van der Waals surface area (Å²) in [4.78, 5) is 33.3. The zero-order chi connectivity index (χ0) is 26.5. The minimum absolute atomic E-state index is 0.00162. The standard InChI is InChI=1S/C27H40FN5O2S/c1-18-16-36-26(29-18)31-25(35)30-24-13-23(33(6)19(2)34)12-9-21(24)15-32(5)17-27(3,4)14-20-7-10-22(28)11-8-20/h7-8,10-11,16,21,23-24H,9,12-15,17H2,1-6H3,(H2,29,30,31,35)/t21-,23+,24+/m0/s1. The van der Waals surface area contributed by atoms with Gasteiger partial charge in [-0.25, -0.2) is 14.2 Å². The maximum Gasteiger partial charge on any atom is 0.321 e. The molecule has 7 nitrogen and oxygen atoms in total. The quantitative estimate of drug-likeness (QED) is 0.495. The number of carbonyl (C=O) groups is 2. The Labute approximate surface area is 218 Å². The van der Waals surface area contributed by atoms with Crippen LogP contribution in [0.15, 0.2) is 29.6 Å². The van der Waals surface area contributed by atoms with Gasteiger partial charge < -0.3 is 15.1 Å². The normalized spacial score (nSPS) is 20.3. The van der Waals surface area contributed by atoms with Gasteiger partial charge in [-0.3, -0.25) is 10.1 Å². The molecule has 3 atom stereocenters.